The SMILES string of the molecule is O=[N+]([O-])c1cccc(COc2ccc(CO)cc2)c1Br. The van der Waals surface area contributed by atoms with Crippen molar-refractivity contribution in [3.8, 4) is 5.75 Å². The number of hydrogen-bond donors (Lipinski definition) is 1. The van der Waals surface area contributed by atoms with Gasteiger partial charge in [0.2, 0.25) is 0 Å². The first-order chi connectivity index (χ1) is 9.61. The Balaban J connectivity index is 2.10. The molecule has 0 aliphatic rings. The second kappa shape index (κ2) is 6.49. The number of benzene rings is 2. The minimum Gasteiger partial charge on any atom is -0.489 e. The minimum atomic E-state index is -0.441. The van der Waals surface area contributed by atoms with E-state index >= 15 is 0 Å². The molecule has 0 heterocycles. The molecule has 2 aromatic rings. The van der Waals surface area contributed by atoms with Gasteiger partial charge in [-0.1, -0.05) is 24.3 Å². The van der Waals surface area contributed by atoms with Crippen molar-refractivity contribution in [3.05, 3.63) is 68.2 Å². The molecule has 0 bridgehead atoms. The molecule has 1 N–H and O–H groups in total. The van der Waals surface area contributed by atoms with E-state index in [1.807, 2.05) is 0 Å². The van der Waals surface area contributed by atoms with E-state index in [2.05, 4.69) is 15.9 Å². The Morgan fingerprint density at radius 1 is 1.20 bits per heavy atom. The van der Waals surface area contributed by atoms with Gasteiger partial charge in [0.05, 0.1) is 11.5 Å². The Bertz CT molecular complexity index is 613. The molecule has 6 heteroatoms. The average molecular weight is 338 g/mol. The summed E-state index contributed by atoms with van der Waals surface area (Å²) in [4.78, 5) is 10.4. The summed E-state index contributed by atoms with van der Waals surface area (Å²) in [6.07, 6.45) is 0. The molecule has 0 aliphatic carbocycles. The minimum absolute atomic E-state index is 0.0155. The second-order valence-corrected chi connectivity index (χ2v) is 4.89. The molecule has 0 aliphatic heterocycles. The van der Waals surface area contributed by atoms with Crippen LogP contribution in [-0.2, 0) is 13.2 Å². The fraction of sp³-hybridized carbons (Fsp3) is 0.143. The lowest BCUT2D eigenvalue weighted by Crippen LogP contribution is -1.99. The average Bonchev–Trinajstić information content (AvgIpc) is 2.46. The summed E-state index contributed by atoms with van der Waals surface area (Å²) in [5.41, 5.74) is 1.51. The third-order valence-corrected chi connectivity index (χ3v) is 3.67. The van der Waals surface area contributed by atoms with Gasteiger partial charge in [0, 0.05) is 11.6 Å². The summed E-state index contributed by atoms with van der Waals surface area (Å²) in [5.74, 6) is 0.639. The van der Waals surface area contributed by atoms with Crippen LogP contribution in [0.2, 0.25) is 0 Å². The first-order valence-electron chi connectivity index (χ1n) is 5.86. The standard InChI is InChI=1S/C14H12BrNO4/c15-14-11(2-1-3-13(14)16(18)19)9-20-12-6-4-10(8-17)5-7-12/h1-7,17H,8-9H2. The lowest BCUT2D eigenvalue weighted by atomic mass is 10.2. The Kier molecular flexibility index (Phi) is 4.70. The summed E-state index contributed by atoms with van der Waals surface area (Å²) in [5, 5.41) is 19.8. The van der Waals surface area contributed by atoms with Crippen molar-refractivity contribution in [1.29, 1.82) is 0 Å². The van der Waals surface area contributed by atoms with Gasteiger partial charge in [-0.2, -0.15) is 0 Å². The zero-order valence-electron chi connectivity index (χ0n) is 10.5. The molecule has 104 valence electrons. The Hall–Kier alpha value is -1.92. The molecular formula is C14H12BrNO4. The number of ether oxygens (including phenoxy) is 1. The monoisotopic (exact) mass is 337 g/mol. The van der Waals surface area contributed by atoms with E-state index in [0.717, 1.165) is 5.56 Å². The van der Waals surface area contributed by atoms with Crippen LogP contribution in [0.3, 0.4) is 0 Å². The third-order valence-electron chi connectivity index (χ3n) is 2.76. The first kappa shape index (κ1) is 14.5. The van der Waals surface area contributed by atoms with E-state index in [0.29, 0.717) is 15.8 Å². The zero-order valence-corrected chi connectivity index (χ0v) is 12.0. The van der Waals surface area contributed by atoms with Gasteiger partial charge >= 0.3 is 0 Å². The number of aliphatic hydroxyl groups is 1. The second-order valence-electron chi connectivity index (χ2n) is 4.10. The van der Waals surface area contributed by atoms with Crippen LogP contribution >= 0.6 is 15.9 Å². The summed E-state index contributed by atoms with van der Waals surface area (Å²) in [6.45, 7) is 0.206. The highest BCUT2D eigenvalue weighted by atomic mass is 79.9. The number of aliphatic hydroxyl groups excluding tert-OH is 1. The maximum absolute atomic E-state index is 10.8. The summed E-state index contributed by atoms with van der Waals surface area (Å²) in [6, 6.07) is 11.8. The highest BCUT2D eigenvalue weighted by Crippen LogP contribution is 2.29. The largest absolute Gasteiger partial charge is 0.489 e. The molecule has 0 unspecified atom stereocenters. The molecule has 0 spiro atoms. The molecule has 2 rings (SSSR count). The highest BCUT2D eigenvalue weighted by Gasteiger charge is 2.14. The maximum atomic E-state index is 10.8. The van der Waals surface area contributed by atoms with Crippen LogP contribution in [0.5, 0.6) is 5.75 Å². The number of nitrogens with zero attached hydrogens (tertiary/aromatic N) is 1. The van der Waals surface area contributed by atoms with Gasteiger partial charge in [0.15, 0.2) is 0 Å². The van der Waals surface area contributed by atoms with Crippen molar-refractivity contribution in [3.63, 3.8) is 0 Å². The predicted octanol–water partition coefficient (Wildman–Crippen LogP) is 3.43. The van der Waals surface area contributed by atoms with Gasteiger partial charge in [-0.3, -0.25) is 10.1 Å². The quantitative estimate of drug-likeness (QED) is 0.670. The molecular weight excluding hydrogens is 326 g/mol. The number of hydrogen-bond acceptors (Lipinski definition) is 4. The van der Waals surface area contributed by atoms with Crippen LogP contribution in [0.15, 0.2) is 46.9 Å². The van der Waals surface area contributed by atoms with Gasteiger partial charge in [-0.25, -0.2) is 0 Å². The van der Waals surface area contributed by atoms with Crippen molar-refractivity contribution in [1.82, 2.24) is 0 Å². The van der Waals surface area contributed by atoms with Crippen LogP contribution in [0, 0.1) is 10.1 Å². The first-order valence-corrected chi connectivity index (χ1v) is 6.65. The van der Waals surface area contributed by atoms with E-state index < -0.39 is 4.92 Å². The summed E-state index contributed by atoms with van der Waals surface area (Å²) < 4.78 is 6.00. The molecule has 0 radical (unpaired) electrons. The van der Waals surface area contributed by atoms with Crippen LogP contribution in [0.1, 0.15) is 11.1 Å². The predicted molar refractivity (Wildman–Crippen MR) is 77.5 cm³/mol. The third kappa shape index (κ3) is 3.34. The van der Waals surface area contributed by atoms with Crippen molar-refractivity contribution in [2.24, 2.45) is 0 Å². The topological polar surface area (TPSA) is 72.6 Å². The van der Waals surface area contributed by atoms with Crippen molar-refractivity contribution < 1.29 is 14.8 Å². The van der Waals surface area contributed by atoms with Crippen LogP contribution in [0.25, 0.3) is 0 Å². The molecule has 20 heavy (non-hydrogen) atoms. The molecule has 0 saturated heterocycles. The van der Waals surface area contributed by atoms with Crippen molar-refractivity contribution in [2.45, 2.75) is 13.2 Å². The molecule has 0 aromatic heterocycles. The molecule has 0 saturated carbocycles. The summed E-state index contributed by atoms with van der Waals surface area (Å²) >= 11 is 3.22. The van der Waals surface area contributed by atoms with Crippen LogP contribution in [-0.4, -0.2) is 10.0 Å². The van der Waals surface area contributed by atoms with E-state index in [1.165, 1.54) is 6.07 Å². The van der Waals surface area contributed by atoms with Gasteiger partial charge in [-0.15, -0.1) is 0 Å². The number of nitro benzene ring substituents is 1. The molecule has 0 amide bonds. The van der Waals surface area contributed by atoms with E-state index in [4.69, 9.17) is 9.84 Å². The highest BCUT2D eigenvalue weighted by molar-refractivity contribution is 9.10. The van der Waals surface area contributed by atoms with Crippen LogP contribution < -0.4 is 4.74 Å². The Morgan fingerprint density at radius 2 is 1.90 bits per heavy atom. The van der Waals surface area contributed by atoms with Gasteiger partial charge in [0.25, 0.3) is 5.69 Å². The lowest BCUT2D eigenvalue weighted by molar-refractivity contribution is -0.385. The number of rotatable bonds is 5. The number of nitro groups is 1. The van der Waals surface area contributed by atoms with Crippen LogP contribution in [0.4, 0.5) is 5.69 Å². The van der Waals surface area contributed by atoms with E-state index in [9.17, 15) is 10.1 Å². The Labute approximate surface area is 124 Å². The maximum Gasteiger partial charge on any atom is 0.283 e. The molecule has 5 nitrogen and oxygen atoms in total. The fourth-order valence-electron chi connectivity index (χ4n) is 1.67. The van der Waals surface area contributed by atoms with Crippen molar-refractivity contribution >= 4 is 21.6 Å². The van der Waals surface area contributed by atoms with Crippen molar-refractivity contribution in [2.75, 3.05) is 0 Å². The lowest BCUT2D eigenvalue weighted by Gasteiger charge is -2.08. The van der Waals surface area contributed by atoms with Gasteiger partial charge < -0.3 is 9.84 Å². The summed E-state index contributed by atoms with van der Waals surface area (Å²) in [7, 11) is 0. The smallest absolute Gasteiger partial charge is 0.283 e. The fourth-order valence-corrected chi connectivity index (χ4v) is 2.19. The van der Waals surface area contributed by atoms with Gasteiger partial charge in [0.1, 0.15) is 16.8 Å². The van der Waals surface area contributed by atoms with E-state index in [1.54, 1.807) is 36.4 Å². The van der Waals surface area contributed by atoms with Gasteiger partial charge in [-0.05, 0) is 33.6 Å². The molecule has 2 aromatic carbocycles. The normalized spacial score (nSPS) is 10.3. The molecule has 0 fully saturated rings. The molecule has 0 atom stereocenters. The number of halogens is 1. The van der Waals surface area contributed by atoms with E-state index in [-0.39, 0.29) is 18.9 Å². The zero-order chi connectivity index (χ0) is 14.5. The Morgan fingerprint density at radius 3 is 2.50 bits per heavy atom.